The van der Waals surface area contributed by atoms with Crippen molar-refractivity contribution in [1.29, 1.82) is 0 Å². The van der Waals surface area contributed by atoms with Crippen LogP contribution in [-0.4, -0.2) is 24.1 Å². The lowest BCUT2D eigenvalue weighted by Crippen LogP contribution is -2.23. The number of ether oxygens (including phenoxy) is 1. The van der Waals surface area contributed by atoms with E-state index in [0.717, 1.165) is 12.2 Å². The second-order valence-corrected chi connectivity index (χ2v) is 6.37. The van der Waals surface area contributed by atoms with Crippen molar-refractivity contribution in [3.05, 3.63) is 35.9 Å². The molecule has 0 saturated carbocycles. The number of carbonyl (C=O) groups excluding carboxylic acids is 1. The van der Waals surface area contributed by atoms with Crippen molar-refractivity contribution in [3.63, 3.8) is 0 Å². The van der Waals surface area contributed by atoms with Crippen LogP contribution < -0.4 is 0 Å². The van der Waals surface area contributed by atoms with Gasteiger partial charge in [0.25, 0.3) is 0 Å². The fourth-order valence-electron chi connectivity index (χ4n) is 1.63. The quantitative estimate of drug-likeness (QED) is 0.758. The third kappa shape index (κ3) is 2.74. The van der Waals surface area contributed by atoms with E-state index in [1.54, 1.807) is 11.8 Å². The normalized spacial score (nSPS) is 25.1. The molecule has 16 heavy (non-hydrogen) atoms. The van der Waals surface area contributed by atoms with Crippen molar-refractivity contribution >= 4 is 29.5 Å². The first kappa shape index (κ1) is 11.9. The summed E-state index contributed by atoms with van der Waals surface area (Å²) < 4.78 is 5.17. The topological polar surface area (TPSA) is 26.3 Å². The van der Waals surface area contributed by atoms with Crippen LogP contribution in [-0.2, 0) is 9.53 Å². The van der Waals surface area contributed by atoms with Gasteiger partial charge in [0.2, 0.25) is 0 Å². The number of rotatable bonds is 2. The first-order valence-corrected chi connectivity index (χ1v) is 7.20. The van der Waals surface area contributed by atoms with E-state index < -0.39 is 0 Å². The van der Waals surface area contributed by atoms with Crippen LogP contribution in [0.15, 0.2) is 30.3 Å². The predicted octanol–water partition coefficient (Wildman–Crippen LogP) is 3.10. The second-order valence-electron chi connectivity index (χ2n) is 3.55. The highest BCUT2D eigenvalue weighted by molar-refractivity contribution is 8.17. The Morgan fingerprint density at radius 1 is 1.38 bits per heavy atom. The van der Waals surface area contributed by atoms with Crippen LogP contribution in [0, 0.1) is 0 Å². The van der Waals surface area contributed by atoms with E-state index in [9.17, 15) is 4.79 Å². The maximum absolute atomic E-state index is 11.5. The molecule has 1 fully saturated rings. The standard InChI is InChI=1S/C12H14O2S2/c1-14-11(13)10-7-8-15-12(16-10)9-5-3-2-4-6-9/h2-6,10,12H,7-8H2,1H3. The average molecular weight is 254 g/mol. The van der Waals surface area contributed by atoms with Gasteiger partial charge in [-0.3, -0.25) is 4.79 Å². The molecule has 1 aromatic carbocycles. The van der Waals surface area contributed by atoms with Gasteiger partial charge in [-0.2, -0.15) is 0 Å². The molecule has 2 nitrogen and oxygen atoms in total. The number of hydrogen-bond acceptors (Lipinski definition) is 4. The molecule has 0 spiro atoms. The van der Waals surface area contributed by atoms with Gasteiger partial charge in [0.15, 0.2) is 0 Å². The van der Waals surface area contributed by atoms with Crippen LogP contribution in [0.4, 0.5) is 0 Å². The Labute approximate surface area is 104 Å². The molecule has 1 aliphatic rings. The van der Waals surface area contributed by atoms with Crippen LogP contribution in [0.5, 0.6) is 0 Å². The van der Waals surface area contributed by atoms with Crippen LogP contribution in [0.25, 0.3) is 0 Å². The lowest BCUT2D eigenvalue weighted by atomic mass is 10.2. The molecule has 2 unspecified atom stereocenters. The van der Waals surface area contributed by atoms with Crippen molar-refractivity contribution < 1.29 is 9.53 Å². The number of benzene rings is 1. The molecule has 0 aliphatic carbocycles. The summed E-state index contributed by atoms with van der Waals surface area (Å²) >= 11 is 3.61. The van der Waals surface area contributed by atoms with Gasteiger partial charge in [0.1, 0.15) is 5.25 Å². The zero-order valence-corrected chi connectivity index (χ0v) is 10.7. The van der Waals surface area contributed by atoms with Gasteiger partial charge in [-0.25, -0.2) is 0 Å². The summed E-state index contributed by atoms with van der Waals surface area (Å²) in [6.07, 6.45) is 0.908. The summed E-state index contributed by atoms with van der Waals surface area (Å²) in [7, 11) is 1.46. The highest BCUT2D eigenvalue weighted by atomic mass is 32.2. The minimum Gasteiger partial charge on any atom is -0.468 e. The van der Waals surface area contributed by atoms with E-state index >= 15 is 0 Å². The van der Waals surface area contributed by atoms with Gasteiger partial charge in [0, 0.05) is 0 Å². The van der Waals surface area contributed by atoms with Gasteiger partial charge >= 0.3 is 5.97 Å². The molecule has 1 saturated heterocycles. The summed E-state index contributed by atoms with van der Waals surface area (Å²) in [6, 6.07) is 10.3. The molecule has 0 aromatic heterocycles. The third-order valence-electron chi connectivity index (χ3n) is 2.47. The minimum absolute atomic E-state index is 0.00328. The highest BCUT2D eigenvalue weighted by Crippen LogP contribution is 2.47. The van der Waals surface area contributed by atoms with Crippen molar-refractivity contribution in [2.24, 2.45) is 0 Å². The molecule has 2 rings (SSSR count). The first-order chi connectivity index (χ1) is 7.81. The molecule has 0 N–H and O–H groups in total. The molecule has 0 bridgehead atoms. The smallest absolute Gasteiger partial charge is 0.318 e. The molecule has 0 radical (unpaired) electrons. The van der Waals surface area contributed by atoms with Crippen molar-refractivity contribution in [1.82, 2.24) is 0 Å². The second kappa shape index (κ2) is 5.64. The van der Waals surface area contributed by atoms with Crippen LogP contribution >= 0.6 is 23.5 Å². The zero-order valence-electron chi connectivity index (χ0n) is 9.09. The number of hydrogen-bond donors (Lipinski definition) is 0. The zero-order chi connectivity index (χ0) is 11.4. The average Bonchev–Trinajstić information content (AvgIpc) is 2.39. The lowest BCUT2D eigenvalue weighted by molar-refractivity contribution is -0.140. The summed E-state index contributed by atoms with van der Waals surface area (Å²) in [5.41, 5.74) is 1.28. The maximum atomic E-state index is 11.5. The Morgan fingerprint density at radius 2 is 2.12 bits per heavy atom. The summed E-state index contributed by atoms with van der Waals surface area (Å²) in [5, 5.41) is -0.00328. The molecular formula is C12H14O2S2. The van der Waals surface area contributed by atoms with E-state index in [1.807, 2.05) is 30.0 Å². The molecule has 1 aromatic rings. The van der Waals surface area contributed by atoms with Gasteiger partial charge in [0.05, 0.1) is 11.7 Å². The molecule has 1 heterocycles. The summed E-state index contributed by atoms with van der Waals surface area (Å²) in [4.78, 5) is 11.5. The minimum atomic E-state index is -0.0915. The van der Waals surface area contributed by atoms with Crippen LogP contribution in [0.2, 0.25) is 0 Å². The molecular weight excluding hydrogens is 240 g/mol. The largest absolute Gasteiger partial charge is 0.468 e. The van der Waals surface area contributed by atoms with Gasteiger partial charge in [-0.15, -0.1) is 23.5 Å². The van der Waals surface area contributed by atoms with Crippen molar-refractivity contribution in [3.8, 4) is 0 Å². The Balaban J connectivity index is 2.05. The number of carbonyl (C=O) groups is 1. The van der Waals surface area contributed by atoms with Crippen molar-refractivity contribution in [2.75, 3.05) is 12.9 Å². The van der Waals surface area contributed by atoms with Crippen LogP contribution in [0.1, 0.15) is 16.6 Å². The van der Waals surface area contributed by atoms with Crippen molar-refractivity contribution in [2.45, 2.75) is 16.3 Å². The fourth-order valence-corrected chi connectivity index (χ4v) is 4.79. The van der Waals surface area contributed by atoms with E-state index in [-0.39, 0.29) is 11.2 Å². The molecule has 0 amide bonds. The van der Waals surface area contributed by atoms with Gasteiger partial charge in [-0.05, 0) is 17.7 Å². The lowest BCUT2D eigenvalue weighted by Gasteiger charge is -2.26. The number of methoxy groups -OCH3 is 1. The molecule has 86 valence electrons. The predicted molar refractivity (Wildman–Crippen MR) is 69.7 cm³/mol. The van der Waals surface area contributed by atoms with E-state index in [0.29, 0.717) is 4.58 Å². The number of esters is 1. The number of thioether (sulfide) groups is 2. The van der Waals surface area contributed by atoms with E-state index in [1.165, 1.54) is 12.7 Å². The summed E-state index contributed by atoms with van der Waals surface area (Å²) in [5.74, 6) is 0.929. The molecule has 2 atom stereocenters. The molecule has 1 aliphatic heterocycles. The van der Waals surface area contributed by atoms with Crippen LogP contribution in [0.3, 0.4) is 0 Å². The monoisotopic (exact) mass is 254 g/mol. The summed E-state index contributed by atoms with van der Waals surface area (Å²) in [6.45, 7) is 0. The van der Waals surface area contributed by atoms with Gasteiger partial charge < -0.3 is 4.74 Å². The van der Waals surface area contributed by atoms with E-state index in [4.69, 9.17) is 4.74 Å². The maximum Gasteiger partial charge on any atom is 0.318 e. The fraction of sp³-hybridized carbons (Fsp3) is 0.417. The Morgan fingerprint density at radius 3 is 2.81 bits per heavy atom. The first-order valence-electron chi connectivity index (χ1n) is 5.21. The Kier molecular flexibility index (Phi) is 4.18. The third-order valence-corrected chi connectivity index (χ3v) is 5.54. The van der Waals surface area contributed by atoms with E-state index in [2.05, 4.69) is 12.1 Å². The molecule has 4 heteroatoms. The Bertz CT molecular complexity index is 353. The highest BCUT2D eigenvalue weighted by Gasteiger charge is 2.29. The Hall–Kier alpha value is -0.610. The van der Waals surface area contributed by atoms with Gasteiger partial charge in [-0.1, -0.05) is 30.3 Å². The SMILES string of the molecule is COC(=O)C1CCSC(c2ccccc2)S1.